The van der Waals surface area contributed by atoms with Gasteiger partial charge < -0.3 is 9.73 Å². The number of hydrogen-bond donors (Lipinski definition) is 1. The molecule has 0 radical (unpaired) electrons. The fourth-order valence-corrected chi connectivity index (χ4v) is 1.77. The molecule has 0 aliphatic rings. The van der Waals surface area contributed by atoms with Gasteiger partial charge in [0, 0.05) is 13.0 Å². The molecule has 1 aromatic carbocycles. The number of amides is 1. The van der Waals surface area contributed by atoms with Crippen LogP contribution in [0.2, 0.25) is 0 Å². The van der Waals surface area contributed by atoms with Crippen LogP contribution < -0.4 is 5.32 Å². The molecule has 0 aliphatic heterocycles. The number of benzene rings is 1. The molecule has 18 heavy (non-hydrogen) atoms. The summed E-state index contributed by atoms with van der Waals surface area (Å²) in [5, 5.41) is 2.91. The van der Waals surface area contributed by atoms with Crippen LogP contribution in [0.5, 0.6) is 0 Å². The Balaban J connectivity index is 1.63. The van der Waals surface area contributed by atoms with Gasteiger partial charge in [-0.15, -0.1) is 0 Å². The van der Waals surface area contributed by atoms with Crippen molar-refractivity contribution in [3.05, 3.63) is 60.1 Å². The normalized spacial score (nSPS) is 10.2. The molecule has 0 saturated carbocycles. The Kier molecular flexibility index (Phi) is 4.59. The van der Waals surface area contributed by atoms with Crippen molar-refractivity contribution in [1.29, 1.82) is 0 Å². The molecule has 1 N–H and O–H groups in total. The molecule has 1 amide bonds. The van der Waals surface area contributed by atoms with Gasteiger partial charge in [0.25, 0.3) is 0 Å². The smallest absolute Gasteiger partial charge is 0.220 e. The standard InChI is InChI=1S/C15H17NO2/c17-15(7-6-13-4-2-1-3-5-13)16-10-8-14-9-11-18-12-14/h1-5,9,11-12H,6-8,10H2,(H,16,17). The quantitative estimate of drug-likeness (QED) is 0.847. The number of furan rings is 1. The van der Waals surface area contributed by atoms with Crippen LogP contribution >= 0.6 is 0 Å². The van der Waals surface area contributed by atoms with Crippen molar-refractivity contribution < 1.29 is 9.21 Å². The Morgan fingerprint density at radius 2 is 1.89 bits per heavy atom. The molecule has 1 heterocycles. The molecule has 3 nitrogen and oxygen atoms in total. The minimum Gasteiger partial charge on any atom is -0.472 e. The number of aryl methyl sites for hydroxylation is 1. The minimum atomic E-state index is 0.0994. The van der Waals surface area contributed by atoms with E-state index in [2.05, 4.69) is 5.32 Å². The highest BCUT2D eigenvalue weighted by Crippen LogP contribution is 2.02. The Morgan fingerprint density at radius 1 is 1.06 bits per heavy atom. The zero-order chi connectivity index (χ0) is 12.6. The van der Waals surface area contributed by atoms with E-state index in [1.165, 1.54) is 5.56 Å². The summed E-state index contributed by atoms with van der Waals surface area (Å²) in [7, 11) is 0. The molecule has 0 bridgehead atoms. The van der Waals surface area contributed by atoms with Crippen LogP contribution in [0.3, 0.4) is 0 Å². The second-order valence-corrected chi connectivity index (χ2v) is 4.22. The first-order valence-corrected chi connectivity index (χ1v) is 6.16. The van der Waals surface area contributed by atoms with E-state index in [0.717, 1.165) is 18.4 Å². The lowest BCUT2D eigenvalue weighted by Gasteiger charge is -2.04. The van der Waals surface area contributed by atoms with Gasteiger partial charge in [0.05, 0.1) is 12.5 Å². The molecule has 94 valence electrons. The Labute approximate surface area is 107 Å². The van der Waals surface area contributed by atoms with Crippen LogP contribution in [0.4, 0.5) is 0 Å². The van der Waals surface area contributed by atoms with Crippen molar-refractivity contribution in [1.82, 2.24) is 5.32 Å². The van der Waals surface area contributed by atoms with E-state index in [1.807, 2.05) is 36.4 Å². The molecule has 2 rings (SSSR count). The van der Waals surface area contributed by atoms with Crippen molar-refractivity contribution in [2.75, 3.05) is 6.54 Å². The summed E-state index contributed by atoms with van der Waals surface area (Å²) in [6, 6.07) is 12.0. The number of hydrogen-bond acceptors (Lipinski definition) is 2. The van der Waals surface area contributed by atoms with Crippen LogP contribution in [0.25, 0.3) is 0 Å². The molecule has 0 aliphatic carbocycles. The Morgan fingerprint density at radius 3 is 2.61 bits per heavy atom. The predicted octanol–water partition coefficient (Wildman–Crippen LogP) is 2.57. The second kappa shape index (κ2) is 6.64. The van der Waals surface area contributed by atoms with Gasteiger partial charge in [0.15, 0.2) is 0 Å². The summed E-state index contributed by atoms with van der Waals surface area (Å²) in [5.74, 6) is 0.0994. The fourth-order valence-electron chi connectivity index (χ4n) is 1.77. The van der Waals surface area contributed by atoms with Gasteiger partial charge in [-0.2, -0.15) is 0 Å². The maximum Gasteiger partial charge on any atom is 0.220 e. The lowest BCUT2D eigenvalue weighted by molar-refractivity contribution is -0.121. The van der Waals surface area contributed by atoms with Gasteiger partial charge >= 0.3 is 0 Å². The lowest BCUT2D eigenvalue weighted by Crippen LogP contribution is -2.25. The third kappa shape index (κ3) is 4.09. The van der Waals surface area contributed by atoms with E-state index >= 15 is 0 Å². The molecule has 0 saturated heterocycles. The first kappa shape index (κ1) is 12.4. The maximum absolute atomic E-state index is 11.6. The first-order valence-electron chi connectivity index (χ1n) is 6.16. The molecular weight excluding hydrogens is 226 g/mol. The molecule has 3 heteroatoms. The molecule has 2 aromatic rings. The zero-order valence-electron chi connectivity index (χ0n) is 10.3. The highest BCUT2D eigenvalue weighted by atomic mass is 16.3. The van der Waals surface area contributed by atoms with Gasteiger partial charge in [0.2, 0.25) is 5.91 Å². The molecule has 1 aromatic heterocycles. The van der Waals surface area contributed by atoms with E-state index in [1.54, 1.807) is 12.5 Å². The highest BCUT2D eigenvalue weighted by molar-refractivity contribution is 5.76. The van der Waals surface area contributed by atoms with Crippen LogP contribution in [0, 0.1) is 0 Å². The van der Waals surface area contributed by atoms with Crippen molar-refractivity contribution in [3.8, 4) is 0 Å². The summed E-state index contributed by atoms with van der Waals surface area (Å²) >= 11 is 0. The molecule has 0 unspecified atom stereocenters. The SMILES string of the molecule is O=C(CCc1ccccc1)NCCc1ccoc1. The molecule has 0 fully saturated rings. The van der Waals surface area contributed by atoms with Gasteiger partial charge in [-0.1, -0.05) is 30.3 Å². The van der Waals surface area contributed by atoms with E-state index < -0.39 is 0 Å². The van der Waals surface area contributed by atoms with Gasteiger partial charge in [-0.25, -0.2) is 0 Å². The topological polar surface area (TPSA) is 42.2 Å². The summed E-state index contributed by atoms with van der Waals surface area (Å²) in [4.78, 5) is 11.6. The van der Waals surface area contributed by atoms with Crippen molar-refractivity contribution in [2.45, 2.75) is 19.3 Å². The van der Waals surface area contributed by atoms with Crippen LogP contribution in [0.15, 0.2) is 53.3 Å². The Bertz CT molecular complexity index is 463. The number of carbonyl (C=O) groups excluding carboxylic acids is 1. The summed E-state index contributed by atoms with van der Waals surface area (Å²) in [6.07, 6.45) is 5.49. The fraction of sp³-hybridized carbons (Fsp3) is 0.267. The largest absolute Gasteiger partial charge is 0.472 e. The average Bonchev–Trinajstić information content (AvgIpc) is 2.91. The minimum absolute atomic E-state index is 0.0994. The van der Waals surface area contributed by atoms with Crippen LogP contribution in [-0.2, 0) is 17.6 Å². The number of nitrogens with one attached hydrogen (secondary N) is 1. The summed E-state index contributed by atoms with van der Waals surface area (Å²) in [6.45, 7) is 0.660. The zero-order valence-corrected chi connectivity index (χ0v) is 10.3. The van der Waals surface area contributed by atoms with Gasteiger partial charge in [0.1, 0.15) is 0 Å². The van der Waals surface area contributed by atoms with E-state index in [-0.39, 0.29) is 5.91 Å². The van der Waals surface area contributed by atoms with Crippen molar-refractivity contribution in [2.24, 2.45) is 0 Å². The molecule has 0 atom stereocenters. The van der Waals surface area contributed by atoms with E-state index in [9.17, 15) is 4.79 Å². The predicted molar refractivity (Wildman–Crippen MR) is 70.2 cm³/mol. The maximum atomic E-state index is 11.6. The van der Waals surface area contributed by atoms with Crippen LogP contribution in [-0.4, -0.2) is 12.5 Å². The van der Waals surface area contributed by atoms with Gasteiger partial charge in [-0.3, -0.25) is 4.79 Å². The summed E-state index contributed by atoms with van der Waals surface area (Å²) < 4.78 is 4.96. The van der Waals surface area contributed by atoms with Crippen molar-refractivity contribution >= 4 is 5.91 Å². The third-order valence-corrected chi connectivity index (χ3v) is 2.80. The molecule has 0 spiro atoms. The van der Waals surface area contributed by atoms with Gasteiger partial charge in [-0.05, 0) is 30.0 Å². The van der Waals surface area contributed by atoms with E-state index in [4.69, 9.17) is 4.42 Å². The van der Waals surface area contributed by atoms with Crippen molar-refractivity contribution in [3.63, 3.8) is 0 Å². The Hall–Kier alpha value is -2.03. The van der Waals surface area contributed by atoms with Crippen LogP contribution in [0.1, 0.15) is 17.5 Å². The lowest BCUT2D eigenvalue weighted by atomic mass is 10.1. The second-order valence-electron chi connectivity index (χ2n) is 4.22. The average molecular weight is 243 g/mol. The highest BCUT2D eigenvalue weighted by Gasteiger charge is 2.02. The monoisotopic (exact) mass is 243 g/mol. The number of carbonyl (C=O) groups is 1. The first-order chi connectivity index (χ1) is 8.84. The van der Waals surface area contributed by atoms with E-state index in [0.29, 0.717) is 13.0 Å². The third-order valence-electron chi connectivity index (χ3n) is 2.80. The summed E-state index contributed by atoms with van der Waals surface area (Å²) in [5.41, 5.74) is 2.31. The molecular formula is C15H17NO2. The number of rotatable bonds is 6.